The van der Waals surface area contributed by atoms with Gasteiger partial charge in [0.25, 0.3) is 0 Å². The maximum atomic E-state index is 11.0. The van der Waals surface area contributed by atoms with Crippen molar-refractivity contribution in [2.45, 2.75) is 84.0 Å². The molecule has 24 heavy (non-hydrogen) atoms. The van der Waals surface area contributed by atoms with Gasteiger partial charge in [-0.3, -0.25) is 0 Å². The summed E-state index contributed by atoms with van der Waals surface area (Å²) in [5.41, 5.74) is 0.136. The van der Waals surface area contributed by atoms with Gasteiger partial charge in [0, 0.05) is 5.56 Å². The number of ether oxygens (including phenoxy) is 1. The van der Waals surface area contributed by atoms with Gasteiger partial charge in [0.05, 0.1) is 12.6 Å². The molecule has 1 rings (SSSR count). The molecule has 0 saturated carbocycles. The zero-order chi connectivity index (χ0) is 17.5. The molecule has 0 fully saturated rings. The van der Waals surface area contributed by atoms with Crippen LogP contribution in [0.5, 0.6) is 5.75 Å². The minimum atomic E-state index is -1.18. The molecular formula is C21H33O3-. The SMILES string of the molecule is CCCCCCCCCCCCCCOc1ccccc1C(=O)[O-]. The minimum absolute atomic E-state index is 0.136. The highest BCUT2D eigenvalue weighted by Gasteiger charge is 2.03. The molecule has 1 aromatic carbocycles. The van der Waals surface area contributed by atoms with E-state index in [4.69, 9.17) is 4.74 Å². The molecule has 0 amide bonds. The van der Waals surface area contributed by atoms with Crippen LogP contribution < -0.4 is 9.84 Å². The van der Waals surface area contributed by atoms with Crippen molar-refractivity contribution in [2.75, 3.05) is 6.61 Å². The van der Waals surface area contributed by atoms with E-state index in [0.717, 1.165) is 12.8 Å². The zero-order valence-electron chi connectivity index (χ0n) is 15.2. The highest BCUT2D eigenvalue weighted by Crippen LogP contribution is 2.18. The van der Waals surface area contributed by atoms with Gasteiger partial charge in [-0.05, 0) is 18.6 Å². The van der Waals surface area contributed by atoms with Crippen LogP contribution in [0.15, 0.2) is 24.3 Å². The maximum absolute atomic E-state index is 11.0. The molecule has 0 N–H and O–H groups in total. The maximum Gasteiger partial charge on any atom is 0.128 e. The summed E-state index contributed by atoms with van der Waals surface area (Å²) < 4.78 is 5.57. The first-order valence-electron chi connectivity index (χ1n) is 9.69. The lowest BCUT2D eigenvalue weighted by Gasteiger charge is -2.11. The molecule has 0 atom stereocenters. The Labute approximate surface area is 147 Å². The summed E-state index contributed by atoms with van der Waals surface area (Å²) in [6, 6.07) is 6.67. The second-order valence-electron chi connectivity index (χ2n) is 6.52. The van der Waals surface area contributed by atoms with Crippen molar-refractivity contribution >= 4 is 5.97 Å². The third kappa shape index (κ3) is 9.59. The molecule has 0 heterocycles. The molecule has 0 aliphatic carbocycles. The molecule has 0 radical (unpaired) electrons. The summed E-state index contributed by atoms with van der Waals surface area (Å²) in [6.07, 6.45) is 15.6. The number of hydrogen-bond donors (Lipinski definition) is 0. The quantitative estimate of drug-likeness (QED) is 0.418. The molecule has 0 unspecified atom stereocenters. The van der Waals surface area contributed by atoms with Gasteiger partial charge in [0.15, 0.2) is 0 Å². The molecule has 1 aromatic rings. The lowest BCUT2D eigenvalue weighted by Crippen LogP contribution is -2.23. The largest absolute Gasteiger partial charge is 0.545 e. The van der Waals surface area contributed by atoms with E-state index in [9.17, 15) is 9.90 Å². The summed E-state index contributed by atoms with van der Waals surface area (Å²) in [6.45, 7) is 2.83. The fourth-order valence-corrected chi connectivity index (χ4v) is 2.89. The number of unbranched alkanes of at least 4 members (excludes halogenated alkanes) is 11. The zero-order valence-corrected chi connectivity index (χ0v) is 15.2. The Balaban J connectivity index is 1.93. The van der Waals surface area contributed by atoms with Gasteiger partial charge >= 0.3 is 0 Å². The average Bonchev–Trinajstić information content (AvgIpc) is 2.59. The first-order chi connectivity index (χ1) is 11.8. The van der Waals surface area contributed by atoms with Crippen molar-refractivity contribution in [2.24, 2.45) is 0 Å². The predicted octanol–water partition coefficient (Wildman–Crippen LogP) is 5.13. The van der Waals surface area contributed by atoms with Crippen LogP contribution in [0.2, 0.25) is 0 Å². The minimum Gasteiger partial charge on any atom is -0.545 e. The first kappa shape index (κ1) is 20.5. The fourth-order valence-electron chi connectivity index (χ4n) is 2.89. The van der Waals surface area contributed by atoms with Crippen molar-refractivity contribution < 1.29 is 14.6 Å². The Kier molecular flexibility index (Phi) is 11.9. The van der Waals surface area contributed by atoms with E-state index in [2.05, 4.69) is 6.92 Å². The molecule has 0 bridgehead atoms. The van der Waals surface area contributed by atoms with E-state index >= 15 is 0 Å². The Morgan fingerprint density at radius 1 is 0.833 bits per heavy atom. The Bertz CT molecular complexity index is 442. The smallest absolute Gasteiger partial charge is 0.128 e. The fraction of sp³-hybridized carbons (Fsp3) is 0.667. The number of para-hydroxylation sites is 1. The van der Waals surface area contributed by atoms with Crippen molar-refractivity contribution in [1.82, 2.24) is 0 Å². The number of aromatic carboxylic acids is 1. The second-order valence-corrected chi connectivity index (χ2v) is 6.52. The topological polar surface area (TPSA) is 49.4 Å². The molecule has 0 aliphatic rings. The van der Waals surface area contributed by atoms with Crippen LogP contribution in [-0.2, 0) is 0 Å². The summed E-state index contributed by atoms with van der Waals surface area (Å²) in [7, 11) is 0. The molecule has 0 aromatic heterocycles. The van der Waals surface area contributed by atoms with Gasteiger partial charge in [-0.2, -0.15) is 0 Å². The van der Waals surface area contributed by atoms with E-state index in [0.29, 0.717) is 12.4 Å². The third-order valence-corrected chi connectivity index (χ3v) is 4.36. The molecule has 3 nitrogen and oxygen atoms in total. The van der Waals surface area contributed by atoms with E-state index in [1.807, 2.05) is 0 Å². The number of rotatable bonds is 15. The highest BCUT2D eigenvalue weighted by atomic mass is 16.5. The van der Waals surface area contributed by atoms with Gasteiger partial charge in [0.1, 0.15) is 5.75 Å². The van der Waals surface area contributed by atoms with E-state index in [-0.39, 0.29) is 5.56 Å². The van der Waals surface area contributed by atoms with Crippen molar-refractivity contribution in [1.29, 1.82) is 0 Å². The molecule has 3 heteroatoms. The summed E-state index contributed by atoms with van der Waals surface area (Å²) in [5, 5.41) is 11.0. The number of carbonyl (C=O) groups excluding carboxylic acids is 1. The molecule has 136 valence electrons. The number of hydrogen-bond acceptors (Lipinski definition) is 3. The summed E-state index contributed by atoms with van der Waals surface area (Å²) in [4.78, 5) is 11.0. The van der Waals surface area contributed by atoms with Crippen LogP contribution in [-0.4, -0.2) is 12.6 Å². The highest BCUT2D eigenvalue weighted by molar-refractivity contribution is 5.89. The number of carbonyl (C=O) groups is 1. The lowest BCUT2D eigenvalue weighted by atomic mass is 10.1. The van der Waals surface area contributed by atoms with Crippen LogP contribution in [0.3, 0.4) is 0 Å². The molecule has 0 spiro atoms. The monoisotopic (exact) mass is 333 g/mol. The van der Waals surface area contributed by atoms with Crippen LogP contribution in [0.1, 0.15) is 94.3 Å². The molecule has 0 saturated heterocycles. The normalized spacial score (nSPS) is 10.7. The lowest BCUT2D eigenvalue weighted by molar-refractivity contribution is -0.255. The molecule has 0 aliphatic heterocycles. The first-order valence-corrected chi connectivity index (χ1v) is 9.69. The van der Waals surface area contributed by atoms with Crippen LogP contribution >= 0.6 is 0 Å². The van der Waals surface area contributed by atoms with Crippen molar-refractivity contribution in [3.8, 4) is 5.75 Å². The standard InChI is InChI=1S/C21H34O3/c1-2-3-4-5-6-7-8-9-10-11-12-15-18-24-20-17-14-13-16-19(20)21(22)23/h13-14,16-17H,2-12,15,18H2,1H3,(H,22,23)/p-1. The Hall–Kier alpha value is -1.51. The Morgan fingerprint density at radius 2 is 1.33 bits per heavy atom. The van der Waals surface area contributed by atoms with Gasteiger partial charge in [0.2, 0.25) is 0 Å². The van der Waals surface area contributed by atoms with Gasteiger partial charge in [-0.15, -0.1) is 0 Å². The van der Waals surface area contributed by atoms with Crippen LogP contribution in [0, 0.1) is 0 Å². The number of benzene rings is 1. The summed E-state index contributed by atoms with van der Waals surface area (Å²) >= 11 is 0. The van der Waals surface area contributed by atoms with Crippen molar-refractivity contribution in [3.63, 3.8) is 0 Å². The van der Waals surface area contributed by atoms with E-state index < -0.39 is 5.97 Å². The van der Waals surface area contributed by atoms with Crippen molar-refractivity contribution in [3.05, 3.63) is 29.8 Å². The van der Waals surface area contributed by atoms with Gasteiger partial charge < -0.3 is 14.6 Å². The van der Waals surface area contributed by atoms with Gasteiger partial charge in [-0.1, -0.05) is 89.7 Å². The molecular weight excluding hydrogens is 300 g/mol. The third-order valence-electron chi connectivity index (χ3n) is 4.36. The summed E-state index contributed by atoms with van der Waals surface area (Å²) in [5.74, 6) is -0.763. The van der Waals surface area contributed by atoms with Gasteiger partial charge in [-0.25, -0.2) is 0 Å². The average molecular weight is 333 g/mol. The Morgan fingerprint density at radius 3 is 1.88 bits per heavy atom. The van der Waals surface area contributed by atoms with E-state index in [1.54, 1.807) is 18.2 Å². The van der Waals surface area contributed by atoms with Crippen LogP contribution in [0.4, 0.5) is 0 Å². The van der Waals surface area contributed by atoms with Crippen LogP contribution in [0.25, 0.3) is 0 Å². The predicted molar refractivity (Wildman–Crippen MR) is 97.3 cm³/mol. The second kappa shape index (κ2) is 13.9. The van der Waals surface area contributed by atoms with E-state index in [1.165, 1.54) is 70.3 Å². The number of carboxylic acid groups (broad SMARTS) is 1. The number of carboxylic acids is 1.